The number of aryl methyl sites for hydroxylation is 1. The standard InChI is InChI=1S/C16H21N3O3/c1-2-11-3-4-12(9-15(11)19(21)22)16(20)18-13-5-6-14(18)10-17-8-7-13/h3-4,9,13-14,17H,2,5-8,10H2,1H3. The Balaban J connectivity index is 1.92. The predicted octanol–water partition coefficient (Wildman–Crippen LogP) is 2.12. The number of rotatable bonds is 3. The third kappa shape index (κ3) is 2.59. The van der Waals surface area contributed by atoms with Crippen LogP contribution in [0.4, 0.5) is 5.69 Å². The minimum absolute atomic E-state index is 0.0497. The lowest BCUT2D eigenvalue weighted by molar-refractivity contribution is -0.385. The van der Waals surface area contributed by atoms with Gasteiger partial charge in [-0.15, -0.1) is 0 Å². The third-order valence-electron chi connectivity index (χ3n) is 4.80. The number of nitrogens with zero attached hydrogens (tertiary/aromatic N) is 2. The summed E-state index contributed by atoms with van der Waals surface area (Å²) in [6.45, 7) is 3.63. The zero-order chi connectivity index (χ0) is 15.7. The summed E-state index contributed by atoms with van der Waals surface area (Å²) in [6, 6.07) is 5.36. The monoisotopic (exact) mass is 303 g/mol. The number of amides is 1. The zero-order valence-corrected chi connectivity index (χ0v) is 12.7. The molecule has 2 saturated heterocycles. The van der Waals surface area contributed by atoms with E-state index in [1.807, 2.05) is 11.8 Å². The molecule has 118 valence electrons. The van der Waals surface area contributed by atoms with Crippen LogP contribution in [0.25, 0.3) is 0 Å². The maximum Gasteiger partial charge on any atom is 0.273 e. The number of carbonyl (C=O) groups excluding carboxylic acids is 1. The van der Waals surface area contributed by atoms with Crippen molar-refractivity contribution < 1.29 is 9.72 Å². The van der Waals surface area contributed by atoms with Gasteiger partial charge in [0.2, 0.25) is 0 Å². The molecule has 22 heavy (non-hydrogen) atoms. The van der Waals surface area contributed by atoms with Gasteiger partial charge < -0.3 is 10.2 Å². The second-order valence-electron chi connectivity index (χ2n) is 6.04. The van der Waals surface area contributed by atoms with E-state index in [9.17, 15) is 14.9 Å². The number of fused-ring (bicyclic) bond motifs is 2. The average molecular weight is 303 g/mol. The van der Waals surface area contributed by atoms with Crippen molar-refractivity contribution >= 4 is 11.6 Å². The number of nitrogens with one attached hydrogen (secondary N) is 1. The van der Waals surface area contributed by atoms with Gasteiger partial charge >= 0.3 is 0 Å². The molecule has 0 radical (unpaired) electrons. The highest BCUT2D eigenvalue weighted by Crippen LogP contribution is 2.30. The molecule has 6 nitrogen and oxygen atoms in total. The molecule has 0 aliphatic carbocycles. The molecular formula is C16H21N3O3. The molecule has 1 N–H and O–H groups in total. The molecule has 1 amide bonds. The molecule has 3 rings (SSSR count). The van der Waals surface area contributed by atoms with Crippen LogP contribution in [0.2, 0.25) is 0 Å². The number of carbonyl (C=O) groups is 1. The summed E-state index contributed by atoms with van der Waals surface area (Å²) in [5.74, 6) is -0.0676. The molecule has 2 unspecified atom stereocenters. The van der Waals surface area contributed by atoms with Gasteiger partial charge in [0.15, 0.2) is 0 Å². The molecule has 2 aliphatic rings. The molecule has 0 saturated carbocycles. The molecule has 2 aliphatic heterocycles. The molecule has 1 aromatic rings. The van der Waals surface area contributed by atoms with Crippen molar-refractivity contribution in [3.05, 3.63) is 39.4 Å². The Labute approximate surface area is 129 Å². The second-order valence-corrected chi connectivity index (χ2v) is 6.04. The number of hydrogen-bond acceptors (Lipinski definition) is 4. The van der Waals surface area contributed by atoms with Crippen LogP contribution in [0.15, 0.2) is 18.2 Å². The smallest absolute Gasteiger partial charge is 0.273 e. The molecule has 6 heteroatoms. The first-order valence-corrected chi connectivity index (χ1v) is 7.92. The molecule has 2 fully saturated rings. The van der Waals surface area contributed by atoms with Crippen LogP contribution in [-0.2, 0) is 6.42 Å². The van der Waals surface area contributed by atoms with Gasteiger partial charge in [-0.25, -0.2) is 0 Å². The minimum atomic E-state index is -0.395. The van der Waals surface area contributed by atoms with Crippen LogP contribution in [0.1, 0.15) is 42.1 Å². The molecule has 0 aromatic heterocycles. The predicted molar refractivity (Wildman–Crippen MR) is 82.9 cm³/mol. The van der Waals surface area contributed by atoms with Gasteiger partial charge in [-0.2, -0.15) is 0 Å². The lowest BCUT2D eigenvalue weighted by Gasteiger charge is -2.28. The van der Waals surface area contributed by atoms with E-state index in [2.05, 4.69) is 5.32 Å². The summed E-state index contributed by atoms with van der Waals surface area (Å²) in [4.78, 5) is 25.6. The SMILES string of the molecule is CCc1ccc(C(=O)N2C3CCNCC2CC3)cc1[N+](=O)[O-]. The maximum atomic E-state index is 12.9. The molecule has 2 heterocycles. The third-order valence-corrected chi connectivity index (χ3v) is 4.80. The van der Waals surface area contributed by atoms with E-state index in [-0.39, 0.29) is 23.7 Å². The second kappa shape index (κ2) is 6.04. The van der Waals surface area contributed by atoms with Crippen molar-refractivity contribution in [1.82, 2.24) is 10.2 Å². The van der Waals surface area contributed by atoms with Crippen LogP contribution in [-0.4, -0.2) is 40.9 Å². The zero-order valence-electron chi connectivity index (χ0n) is 12.7. The van der Waals surface area contributed by atoms with Gasteiger partial charge in [0.1, 0.15) is 0 Å². The van der Waals surface area contributed by atoms with Crippen LogP contribution in [0, 0.1) is 10.1 Å². The number of nitro groups is 1. The largest absolute Gasteiger partial charge is 0.331 e. The number of hydrogen-bond donors (Lipinski definition) is 1. The van der Waals surface area contributed by atoms with E-state index in [0.717, 1.165) is 32.4 Å². The van der Waals surface area contributed by atoms with E-state index in [4.69, 9.17) is 0 Å². The van der Waals surface area contributed by atoms with Crippen molar-refractivity contribution in [2.24, 2.45) is 0 Å². The Morgan fingerprint density at radius 3 is 2.86 bits per heavy atom. The summed E-state index contributed by atoms with van der Waals surface area (Å²) in [6.07, 6.45) is 3.59. The van der Waals surface area contributed by atoms with Crippen molar-refractivity contribution in [2.75, 3.05) is 13.1 Å². The quantitative estimate of drug-likeness (QED) is 0.685. The summed E-state index contributed by atoms with van der Waals surface area (Å²) in [5.41, 5.74) is 1.15. The maximum absolute atomic E-state index is 12.9. The first-order chi connectivity index (χ1) is 10.6. The topological polar surface area (TPSA) is 75.5 Å². The Bertz CT molecular complexity index is 588. The number of benzene rings is 1. The summed E-state index contributed by atoms with van der Waals surface area (Å²) < 4.78 is 0. The van der Waals surface area contributed by atoms with Crippen LogP contribution in [0.3, 0.4) is 0 Å². The molecule has 1 aromatic carbocycles. The fraction of sp³-hybridized carbons (Fsp3) is 0.562. The molecular weight excluding hydrogens is 282 g/mol. The Hall–Kier alpha value is -1.95. The van der Waals surface area contributed by atoms with Crippen LogP contribution in [0.5, 0.6) is 0 Å². The first-order valence-electron chi connectivity index (χ1n) is 7.92. The minimum Gasteiger partial charge on any atom is -0.331 e. The van der Waals surface area contributed by atoms with Crippen molar-refractivity contribution in [1.29, 1.82) is 0 Å². The summed E-state index contributed by atoms with van der Waals surface area (Å²) in [5, 5.41) is 14.6. The molecule has 2 bridgehead atoms. The van der Waals surface area contributed by atoms with E-state index in [1.54, 1.807) is 12.1 Å². The van der Waals surface area contributed by atoms with E-state index in [0.29, 0.717) is 17.5 Å². The highest BCUT2D eigenvalue weighted by Gasteiger charge is 2.38. The van der Waals surface area contributed by atoms with Crippen molar-refractivity contribution in [2.45, 2.75) is 44.7 Å². The first kappa shape index (κ1) is 15.0. The van der Waals surface area contributed by atoms with Crippen LogP contribution >= 0.6 is 0 Å². The normalized spacial score (nSPS) is 24.1. The lowest BCUT2D eigenvalue weighted by atomic mass is 10.1. The fourth-order valence-corrected chi connectivity index (χ4v) is 3.63. The van der Waals surface area contributed by atoms with Gasteiger partial charge in [-0.05, 0) is 38.3 Å². The Morgan fingerprint density at radius 2 is 2.14 bits per heavy atom. The number of nitro benzene ring substituents is 1. The van der Waals surface area contributed by atoms with Crippen LogP contribution < -0.4 is 5.32 Å². The summed E-state index contributed by atoms with van der Waals surface area (Å²) in [7, 11) is 0. The van der Waals surface area contributed by atoms with Gasteiger partial charge in [-0.1, -0.05) is 13.0 Å². The fourth-order valence-electron chi connectivity index (χ4n) is 3.63. The van der Waals surface area contributed by atoms with Gasteiger partial charge in [0.25, 0.3) is 11.6 Å². The lowest BCUT2D eigenvalue weighted by Crippen LogP contribution is -2.42. The van der Waals surface area contributed by atoms with Gasteiger partial charge in [0, 0.05) is 35.8 Å². The van der Waals surface area contributed by atoms with E-state index >= 15 is 0 Å². The molecule has 0 spiro atoms. The van der Waals surface area contributed by atoms with E-state index < -0.39 is 4.92 Å². The van der Waals surface area contributed by atoms with Crippen molar-refractivity contribution in [3.63, 3.8) is 0 Å². The van der Waals surface area contributed by atoms with Gasteiger partial charge in [0.05, 0.1) is 4.92 Å². The Morgan fingerprint density at radius 1 is 1.36 bits per heavy atom. The molecule has 2 atom stereocenters. The van der Waals surface area contributed by atoms with Crippen molar-refractivity contribution in [3.8, 4) is 0 Å². The average Bonchev–Trinajstić information content (AvgIpc) is 2.78. The van der Waals surface area contributed by atoms with E-state index in [1.165, 1.54) is 6.07 Å². The van der Waals surface area contributed by atoms with Gasteiger partial charge in [-0.3, -0.25) is 14.9 Å². The highest BCUT2D eigenvalue weighted by molar-refractivity contribution is 5.95. The summed E-state index contributed by atoms with van der Waals surface area (Å²) >= 11 is 0. The highest BCUT2D eigenvalue weighted by atomic mass is 16.6. The Kier molecular flexibility index (Phi) is 4.11.